The third kappa shape index (κ3) is 6.04. The van der Waals surface area contributed by atoms with Crippen LogP contribution in [0.3, 0.4) is 0 Å². The molecule has 0 bridgehead atoms. The predicted octanol–water partition coefficient (Wildman–Crippen LogP) is 12.4. The van der Waals surface area contributed by atoms with Crippen molar-refractivity contribution >= 4 is 21.8 Å². The number of imidazole rings is 1. The van der Waals surface area contributed by atoms with Crippen LogP contribution in [0.2, 0.25) is 0 Å². The number of rotatable bonds is 7. The maximum Gasteiger partial charge on any atom is 0.164 e. The molecule has 0 spiro atoms. The van der Waals surface area contributed by atoms with Crippen molar-refractivity contribution in [3.63, 3.8) is 0 Å². The standard InChI is InChI=1S/C50H33N5/c1-4-14-37(15-5-1)47-52-48(38-16-6-2-7-17-38)54-49(53-47)44-33-32-41(42-20-10-11-21-43(42)44)36-28-24-34(25-29-36)35-26-30-39(31-27-35)50-51-45-22-12-13-23-46(45)55(50)40-18-8-3-9-19-40/h1-33H. The second-order valence-corrected chi connectivity index (χ2v) is 13.5. The van der Waals surface area contributed by atoms with Crippen molar-refractivity contribution in [3.8, 4) is 73.5 Å². The van der Waals surface area contributed by atoms with Crippen LogP contribution < -0.4 is 0 Å². The molecule has 5 nitrogen and oxygen atoms in total. The Labute approximate surface area is 318 Å². The number of nitrogens with zero attached hydrogens (tertiary/aromatic N) is 5. The minimum absolute atomic E-state index is 0.647. The molecule has 0 unspecified atom stereocenters. The largest absolute Gasteiger partial charge is 0.292 e. The van der Waals surface area contributed by atoms with E-state index in [1.54, 1.807) is 0 Å². The molecule has 0 saturated heterocycles. The van der Waals surface area contributed by atoms with E-state index in [0.717, 1.165) is 77.8 Å². The van der Waals surface area contributed by atoms with Gasteiger partial charge in [-0.25, -0.2) is 19.9 Å². The number of benzene rings is 8. The van der Waals surface area contributed by atoms with Crippen LogP contribution in [0.5, 0.6) is 0 Å². The summed E-state index contributed by atoms with van der Waals surface area (Å²) in [6, 6.07) is 69.3. The minimum Gasteiger partial charge on any atom is -0.292 e. The second kappa shape index (κ2) is 13.8. The molecule has 258 valence electrons. The van der Waals surface area contributed by atoms with Crippen LogP contribution in [0, 0.1) is 0 Å². The van der Waals surface area contributed by atoms with E-state index >= 15 is 0 Å². The van der Waals surface area contributed by atoms with Crippen LogP contribution in [0.25, 0.3) is 95.3 Å². The van der Waals surface area contributed by atoms with Crippen molar-refractivity contribution in [2.45, 2.75) is 0 Å². The summed E-state index contributed by atoms with van der Waals surface area (Å²) in [6.45, 7) is 0. The molecule has 0 atom stereocenters. The van der Waals surface area contributed by atoms with Gasteiger partial charge in [0.15, 0.2) is 17.5 Å². The van der Waals surface area contributed by atoms with Gasteiger partial charge in [0.25, 0.3) is 0 Å². The molecule has 55 heavy (non-hydrogen) atoms. The third-order valence-electron chi connectivity index (χ3n) is 10.1. The molecule has 5 heteroatoms. The molecule has 0 amide bonds. The SMILES string of the molecule is c1ccc(-c2nc(-c3ccccc3)nc(-c3ccc(-c4ccc(-c5ccc(-c6nc7ccccc7n6-c6ccccc6)cc5)cc4)c4ccccc34)n2)cc1. The molecule has 0 aliphatic carbocycles. The molecule has 0 saturated carbocycles. The fraction of sp³-hybridized carbons (Fsp3) is 0. The van der Waals surface area contributed by atoms with Gasteiger partial charge in [0.1, 0.15) is 5.82 Å². The highest BCUT2D eigenvalue weighted by Gasteiger charge is 2.17. The van der Waals surface area contributed by atoms with Crippen LogP contribution >= 0.6 is 0 Å². The maximum absolute atomic E-state index is 5.05. The molecular formula is C50H33N5. The van der Waals surface area contributed by atoms with Gasteiger partial charge < -0.3 is 0 Å². The smallest absolute Gasteiger partial charge is 0.164 e. The maximum atomic E-state index is 5.05. The zero-order valence-electron chi connectivity index (χ0n) is 29.8. The van der Waals surface area contributed by atoms with Gasteiger partial charge in [-0.3, -0.25) is 4.57 Å². The number of fused-ring (bicyclic) bond motifs is 2. The Morgan fingerprint density at radius 3 is 1.36 bits per heavy atom. The van der Waals surface area contributed by atoms with Gasteiger partial charge in [0.05, 0.1) is 11.0 Å². The Bertz CT molecular complexity index is 2880. The molecule has 10 rings (SSSR count). The summed E-state index contributed by atoms with van der Waals surface area (Å²) in [4.78, 5) is 20.0. The summed E-state index contributed by atoms with van der Waals surface area (Å²) in [5.41, 5.74) is 11.7. The fourth-order valence-electron chi connectivity index (χ4n) is 7.39. The second-order valence-electron chi connectivity index (χ2n) is 13.5. The molecule has 0 aliphatic heterocycles. The Morgan fingerprint density at radius 2 is 0.745 bits per heavy atom. The number of aromatic nitrogens is 5. The first-order valence-corrected chi connectivity index (χ1v) is 18.4. The number of hydrogen-bond donors (Lipinski definition) is 0. The van der Waals surface area contributed by atoms with Gasteiger partial charge >= 0.3 is 0 Å². The molecule has 0 fully saturated rings. The summed E-state index contributed by atoms with van der Waals surface area (Å²) in [6.07, 6.45) is 0. The van der Waals surface area contributed by atoms with Crippen LogP contribution in [0.1, 0.15) is 0 Å². The normalized spacial score (nSPS) is 11.3. The van der Waals surface area contributed by atoms with E-state index < -0.39 is 0 Å². The number of hydrogen-bond acceptors (Lipinski definition) is 4. The minimum atomic E-state index is 0.647. The lowest BCUT2D eigenvalue weighted by Crippen LogP contribution is -2.00. The van der Waals surface area contributed by atoms with Gasteiger partial charge in [0.2, 0.25) is 0 Å². The van der Waals surface area contributed by atoms with E-state index in [0.29, 0.717) is 17.5 Å². The van der Waals surface area contributed by atoms with Crippen LogP contribution in [-0.4, -0.2) is 24.5 Å². The average Bonchev–Trinajstić information content (AvgIpc) is 3.67. The van der Waals surface area contributed by atoms with Crippen LogP contribution in [0.15, 0.2) is 200 Å². The van der Waals surface area contributed by atoms with Gasteiger partial charge in [0, 0.05) is 27.9 Å². The monoisotopic (exact) mass is 703 g/mol. The van der Waals surface area contributed by atoms with Crippen LogP contribution in [-0.2, 0) is 0 Å². The van der Waals surface area contributed by atoms with Crippen molar-refractivity contribution in [1.29, 1.82) is 0 Å². The summed E-state index contributed by atoms with van der Waals surface area (Å²) in [5, 5.41) is 2.23. The molecule has 0 radical (unpaired) electrons. The zero-order chi connectivity index (χ0) is 36.6. The van der Waals surface area contributed by atoms with E-state index in [1.807, 2.05) is 72.8 Å². The summed E-state index contributed by atoms with van der Waals surface area (Å²) >= 11 is 0. The van der Waals surface area contributed by atoms with Crippen molar-refractivity contribution in [2.24, 2.45) is 0 Å². The predicted molar refractivity (Wildman–Crippen MR) is 225 cm³/mol. The van der Waals surface area contributed by atoms with Gasteiger partial charge in [-0.15, -0.1) is 0 Å². The van der Waals surface area contributed by atoms with Crippen LogP contribution in [0.4, 0.5) is 0 Å². The van der Waals surface area contributed by atoms with E-state index in [-0.39, 0.29) is 0 Å². The molecular weight excluding hydrogens is 671 g/mol. The lowest BCUT2D eigenvalue weighted by Gasteiger charge is -2.13. The molecule has 0 N–H and O–H groups in total. The summed E-state index contributed by atoms with van der Waals surface area (Å²) in [7, 11) is 0. The van der Waals surface area contributed by atoms with E-state index in [2.05, 4.69) is 132 Å². The van der Waals surface area contributed by atoms with Gasteiger partial charge in [-0.1, -0.05) is 170 Å². The lowest BCUT2D eigenvalue weighted by molar-refractivity contribution is 1.08. The average molecular weight is 704 g/mol. The third-order valence-corrected chi connectivity index (χ3v) is 10.1. The molecule has 10 aromatic rings. The van der Waals surface area contributed by atoms with Crippen molar-refractivity contribution in [2.75, 3.05) is 0 Å². The van der Waals surface area contributed by atoms with E-state index in [9.17, 15) is 0 Å². The Kier molecular flexibility index (Phi) is 8.08. The highest BCUT2D eigenvalue weighted by molar-refractivity contribution is 6.04. The van der Waals surface area contributed by atoms with Crippen molar-refractivity contribution < 1.29 is 0 Å². The Morgan fingerprint density at radius 1 is 0.291 bits per heavy atom. The molecule has 0 aliphatic rings. The zero-order valence-corrected chi connectivity index (χ0v) is 29.8. The van der Waals surface area contributed by atoms with Crippen molar-refractivity contribution in [3.05, 3.63) is 200 Å². The van der Waals surface area contributed by atoms with Gasteiger partial charge in [-0.05, 0) is 63.4 Å². The molecule has 2 heterocycles. The summed E-state index contributed by atoms with van der Waals surface area (Å²) < 4.78 is 2.24. The Balaban J connectivity index is 0.993. The topological polar surface area (TPSA) is 56.5 Å². The van der Waals surface area contributed by atoms with E-state index in [4.69, 9.17) is 19.9 Å². The first-order valence-electron chi connectivity index (χ1n) is 18.4. The number of para-hydroxylation sites is 3. The molecule has 2 aromatic heterocycles. The fourth-order valence-corrected chi connectivity index (χ4v) is 7.39. The highest BCUT2D eigenvalue weighted by Crippen LogP contribution is 2.37. The Hall–Kier alpha value is -7.50. The lowest BCUT2D eigenvalue weighted by atomic mass is 9.93. The molecule has 8 aromatic carbocycles. The first kappa shape index (κ1) is 32.2. The highest BCUT2D eigenvalue weighted by atomic mass is 15.1. The summed E-state index contributed by atoms with van der Waals surface area (Å²) in [5.74, 6) is 2.87. The van der Waals surface area contributed by atoms with Gasteiger partial charge in [-0.2, -0.15) is 0 Å². The van der Waals surface area contributed by atoms with E-state index in [1.165, 1.54) is 0 Å². The van der Waals surface area contributed by atoms with Crippen molar-refractivity contribution in [1.82, 2.24) is 24.5 Å². The quantitative estimate of drug-likeness (QED) is 0.166. The first-order chi connectivity index (χ1) is 27.3.